The molecule has 0 aromatic heterocycles. The monoisotopic (exact) mass is 296 g/mol. The van der Waals surface area contributed by atoms with Gasteiger partial charge in [0, 0.05) is 18.6 Å². The lowest BCUT2D eigenvalue weighted by Crippen LogP contribution is -2.45. The Balaban J connectivity index is 0.000000847. The van der Waals surface area contributed by atoms with Crippen LogP contribution in [0.1, 0.15) is 43.9 Å². The van der Waals surface area contributed by atoms with E-state index in [9.17, 15) is 0 Å². The van der Waals surface area contributed by atoms with Gasteiger partial charge < -0.3 is 10.6 Å². The molecule has 2 atom stereocenters. The maximum atomic E-state index is 3.72. The van der Waals surface area contributed by atoms with Crippen LogP contribution in [0.25, 0.3) is 0 Å². The zero-order valence-electron chi connectivity index (χ0n) is 13.8. The third-order valence-corrected chi connectivity index (χ3v) is 4.03. The van der Waals surface area contributed by atoms with Crippen LogP contribution in [0.4, 0.5) is 0 Å². The van der Waals surface area contributed by atoms with Gasteiger partial charge >= 0.3 is 0 Å². The second-order valence-electron chi connectivity index (χ2n) is 5.46. The van der Waals surface area contributed by atoms with Crippen molar-refractivity contribution < 1.29 is 0 Å². The number of piperidine rings is 1. The highest BCUT2D eigenvalue weighted by molar-refractivity contribution is 5.22. The first-order chi connectivity index (χ1) is 10.9. The zero-order chi connectivity index (χ0) is 15.6. The molecule has 2 nitrogen and oxygen atoms in total. The molecule has 0 aliphatic carbocycles. The molecule has 118 valence electrons. The molecule has 2 unspecified atom stereocenters. The van der Waals surface area contributed by atoms with Crippen molar-refractivity contribution in [3.05, 3.63) is 71.8 Å². The Labute approximate surface area is 135 Å². The van der Waals surface area contributed by atoms with Crippen LogP contribution >= 0.6 is 0 Å². The predicted octanol–water partition coefficient (Wildman–Crippen LogP) is 4.30. The normalized spacial score (nSPS) is 20.8. The summed E-state index contributed by atoms with van der Waals surface area (Å²) in [4.78, 5) is 0. The third kappa shape index (κ3) is 4.69. The molecule has 2 aromatic rings. The fraction of sp³-hybridized carbons (Fsp3) is 0.400. The average Bonchev–Trinajstić information content (AvgIpc) is 2.63. The Morgan fingerprint density at radius 1 is 0.955 bits per heavy atom. The van der Waals surface area contributed by atoms with Crippen LogP contribution in [0.3, 0.4) is 0 Å². The highest BCUT2D eigenvalue weighted by Gasteiger charge is 2.25. The molecule has 2 N–H and O–H groups in total. The summed E-state index contributed by atoms with van der Waals surface area (Å²) in [5.74, 6) is 0. The Hall–Kier alpha value is -1.64. The van der Waals surface area contributed by atoms with Crippen LogP contribution < -0.4 is 10.6 Å². The second-order valence-corrected chi connectivity index (χ2v) is 5.46. The zero-order valence-corrected chi connectivity index (χ0v) is 13.8. The van der Waals surface area contributed by atoms with E-state index in [0.717, 1.165) is 13.1 Å². The maximum Gasteiger partial charge on any atom is 0.0476 e. The summed E-state index contributed by atoms with van der Waals surface area (Å²) >= 11 is 0. The summed E-state index contributed by atoms with van der Waals surface area (Å²) in [5.41, 5.74) is 2.74. The lowest BCUT2D eigenvalue weighted by molar-refractivity contribution is 0.304. The molecular formula is C20H28N2. The quantitative estimate of drug-likeness (QED) is 0.879. The van der Waals surface area contributed by atoms with E-state index in [-0.39, 0.29) is 0 Å². The van der Waals surface area contributed by atoms with E-state index >= 15 is 0 Å². The van der Waals surface area contributed by atoms with E-state index in [1.54, 1.807) is 0 Å². The van der Waals surface area contributed by atoms with Crippen LogP contribution in [-0.4, -0.2) is 12.6 Å². The standard InChI is InChI=1S/C18H22N2.C2H6/c1-3-8-15(9-4-1)14-20-17-12-7-13-19-18(17)16-10-5-2-6-11-16;1-2/h1-6,8-11,17-20H,7,12-14H2;1-2H3. The predicted molar refractivity (Wildman–Crippen MR) is 94.8 cm³/mol. The van der Waals surface area contributed by atoms with Gasteiger partial charge in [0.2, 0.25) is 0 Å². The molecule has 0 amide bonds. The van der Waals surface area contributed by atoms with Crippen molar-refractivity contribution in [1.29, 1.82) is 0 Å². The van der Waals surface area contributed by atoms with Gasteiger partial charge in [-0.3, -0.25) is 0 Å². The lowest BCUT2D eigenvalue weighted by Gasteiger charge is -2.34. The van der Waals surface area contributed by atoms with Crippen LogP contribution in [0, 0.1) is 0 Å². The number of rotatable bonds is 4. The van der Waals surface area contributed by atoms with Gasteiger partial charge in [-0.2, -0.15) is 0 Å². The molecule has 2 heteroatoms. The molecule has 22 heavy (non-hydrogen) atoms. The van der Waals surface area contributed by atoms with Crippen molar-refractivity contribution in [2.75, 3.05) is 6.54 Å². The number of hydrogen-bond acceptors (Lipinski definition) is 2. The van der Waals surface area contributed by atoms with Crippen molar-refractivity contribution in [3.8, 4) is 0 Å². The van der Waals surface area contributed by atoms with Crippen molar-refractivity contribution in [2.45, 2.75) is 45.3 Å². The van der Waals surface area contributed by atoms with Gasteiger partial charge in [0.1, 0.15) is 0 Å². The van der Waals surface area contributed by atoms with E-state index in [0.29, 0.717) is 12.1 Å². The van der Waals surface area contributed by atoms with Crippen molar-refractivity contribution in [1.82, 2.24) is 10.6 Å². The summed E-state index contributed by atoms with van der Waals surface area (Å²) in [6.45, 7) is 6.06. The van der Waals surface area contributed by atoms with E-state index in [1.165, 1.54) is 24.0 Å². The number of benzene rings is 2. The largest absolute Gasteiger partial charge is 0.309 e. The average molecular weight is 296 g/mol. The Kier molecular flexibility index (Phi) is 7.14. The lowest BCUT2D eigenvalue weighted by atomic mass is 9.92. The molecule has 0 spiro atoms. The minimum absolute atomic E-state index is 0.425. The molecular weight excluding hydrogens is 268 g/mol. The van der Waals surface area contributed by atoms with Gasteiger partial charge in [0.15, 0.2) is 0 Å². The van der Waals surface area contributed by atoms with Crippen LogP contribution in [0.15, 0.2) is 60.7 Å². The maximum absolute atomic E-state index is 3.72. The van der Waals surface area contributed by atoms with Crippen LogP contribution in [-0.2, 0) is 6.54 Å². The molecule has 0 radical (unpaired) electrons. The van der Waals surface area contributed by atoms with E-state index in [2.05, 4.69) is 71.3 Å². The Morgan fingerprint density at radius 2 is 1.59 bits per heavy atom. The van der Waals surface area contributed by atoms with Crippen molar-refractivity contribution >= 4 is 0 Å². The van der Waals surface area contributed by atoms with Gasteiger partial charge in [0.05, 0.1) is 0 Å². The summed E-state index contributed by atoms with van der Waals surface area (Å²) in [6.07, 6.45) is 2.48. The SMILES string of the molecule is CC.c1ccc(CNC2CCCNC2c2ccccc2)cc1. The summed E-state index contributed by atoms with van der Waals surface area (Å²) in [5, 5.41) is 7.38. The Bertz CT molecular complexity index is 510. The van der Waals surface area contributed by atoms with Crippen LogP contribution in [0.2, 0.25) is 0 Å². The van der Waals surface area contributed by atoms with Gasteiger partial charge in [-0.15, -0.1) is 0 Å². The van der Waals surface area contributed by atoms with E-state index < -0.39 is 0 Å². The van der Waals surface area contributed by atoms with Gasteiger partial charge in [-0.1, -0.05) is 74.5 Å². The fourth-order valence-electron chi connectivity index (χ4n) is 2.96. The number of hydrogen-bond donors (Lipinski definition) is 2. The highest BCUT2D eigenvalue weighted by atomic mass is 15.0. The molecule has 0 bridgehead atoms. The summed E-state index contributed by atoms with van der Waals surface area (Å²) < 4.78 is 0. The van der Waals surface area contributed by atoms with Gasteiger partial charge in [0.25, 0.3) is 0 Å². The second kappa shape index (κ2) is 9.39. The summed E-state index contributed by atoms with van der Waals surface area (Å²) in [7, 11) is 0. The Morgan fingerprint density at radius 3 is 2.27 bits per heavy atom. The molecule has 1 heterocycles. The highest BCUT2D eigenvalue weighted by Crippen LogP contribution is 2.23. The first kappa shape index (κ1) is 16.7. The molecule has 1 fully saturated rings. The summed E-state index contributed by atoms with van der Waals surface area (Å²) in [6, 6.07) is 22.3. The third-order valence-electron chi connectivity index (χ3n) is 4.03. The van der Waals surface area contributed by atoms with Gasteiger partial charge in [-0.25, -0.2) is 0 Å². The molecule has 3 rings (SSSR count). The van der Waals surface area contributed by atoms with E-state index in [1.807, 2.05) is 13.8 Å². The van der Waals surface area contributed by atoms with Crippen LogP contribution in [0.5, 0.6) is 0 Å². The molecule has 0 saturated carbocycles. The number of nitrogens with one attached hydrogen (secondary N) is 2. The van der Waals surface area contributed by atoms with E-state index in [4.69, 9.17) is 0 Å². The molecule has 1 aliphatic heterocycles. The topological polar surface area (TPSA) is 24.1 Å². The van der Waals surface area contributed by atoms with Gasteiger partial charge in [-0.05, 0) is 30.5 Å². The van der Waals surface area contributed by atoms with Crippen molar-refractivity contribution in [3.63, 3.8) is 0 Å². The molecule has 2 aromatic carbocycles. The van der Waals surface area contributed by atoms with Crippen molar-refractivity contribution in [2.24, 2.45) is 0 Å². The first-order valence-corrected chi connectivity index (χ1v) is 8.49. The smallest absolute Gasteiger partial charge is 0.0476 e. The first-order valence-electron chi connectivity index (χ1n) is 8.49. The molecule has 1 saturated heterocycles. The minimum atomic E-state index is 0.425. The minimum Gasteiger partial charge on any atom is -0.309 e. The fourth-order valence-corrected chi connectivity index (χ4v) is 2.96. The molecule has 1 aliphatic rings.